The van der Waals surface area contributed by atoms with Crippen LogP contribution in [-0.4, -0.2) is 42.6 Å². The lowest BCUT2D eigenvalue weighted by Crippen LogP contribution is -2.45. The van der Waals surface area contributed by atoms with Gasteiger partial charge >= 0.3 is 0 Å². The van der Waals surface area contributed by atoms with Crippen molar-refractivity contribution >= 4 is 23.2 Å². The molecule has 29 heavy (non-hydrogen) atoms. The standard InChI is InChI=1S/C22H25N3O4/c1-3-24(12-16-8-9-19-20(11-16)29-14-28-19)13-22(27)25-15(2)10-21(26)23-17-6-4-5-7-18(17)25/h4-9,11,15H,3,10,12-14H2,1-2H3,(H,23,26)/t15-/m1/s1. The molecule has 0 unspecified atom stereocenters. The smallest absolute Gasteiger partial charge is 0.241 e. The third-order valence-corrected chi connectivity index (χ3v) is 5.28. The van der Waals surface area contributed by atoms with Crippen molar-refractivity contribution < 1.29 is 19.1 Å². The molecule has 0 bridgehead atoms. The Balaban J connectivity index is 1.51. The Morgan fingerprint density at radius 2 is 2.00 bits per heavy atom. The summed E-state index contributed by atoms with van der Waals surface area (Å²) in [6.45, 7) is 5.80. The average molecular weight is 395 g/mol. The fraction of sp³-hybridized carbons (Fsp3) is 0.364. The van der Waals surface area contributed by atoms with E-state index in [-0.39, 0.29) is 37.6 Å². The Kier molecular flexibility index (Phi) is 5.40. The number of carbonyl (C=O) groups is 2. The number of ether oxygens (including phenoxy) is 2. The van der Waals surface area contributed by atoms with E-state index in [9.17, 15) is 9.59 Å². The maximum atomic E-state index is 13.3. The Bertz CT molecular complexity index is 930. The minimum atomic E-state index is -0.213. The van der Waals surface area contributed by atoms with Crippen LogP contribution < -0.4 is 19.7 Å². The van der Waals surface area contributed by atoms with E-state index in [1.54, 1.807) is 4.90 Å². The van der Waals surface area contributed by atoms with E-state index < -0.39 is 0 Å². The highest BCUT2D eigenvalue weighted by atomic mass is 16.7. The van der Waals surface area contributed by atoms with Gasteiger partial charge in [0, 0.05) is 19.0 Å². The minimum absolute atomic E-state index is 0.0240. The normalized spacial score (nSPS) is 17.7. The molecule has 1 N–H and O–H groups in total. The third kappa shape index (κ3) is 4.05. The van der Waals surface area contributed by atoms with Crippen LogP contribution in [0.25, 0.3) is 0 Å². The summed E-state index contributed by atoms with van der Waals surface area (Å²) in [5.74, 6) is 1.39. The van der Waals surface area contributed by atoms with Crippen LogP contribution in [0.1, 0.15) is 25.8 Å². The molecular formula is C22H25N3O4. The van der Waals surface area contributed by atoms with E-state index in [1.807, 2.05) is 56.3 Å². The number of rotatable bonds is 5. The second-order valence-electron chi connectivity index (χ2n) is 7.37. The molecule has 152 valence electrons. The molecule has 2 aliphatic heterocycles. The summed E-state index contributed by atoms with van der Waals surface area (Å²) < 4.78 is 10.8. The molecule has 0 spiro atoms. The fourth-order valence-corrected chi connectivity index (χ4v) is 3.81. The van der Waals surface area contributed by atoms with E-state index in [4.69, 9.17) is 9.47 Å². The lowest BCUT2D eigenvalue weighted by atomic mass is 10.1. The van der Waals surface area contributed by atoms with Gasteiger partial charge in [0.2, 0.25) is 18.6 Å². The first-order valence-corrected chi connectivity index (χ1v) is 9.87. The van der Waals surface area contributed by atoms with Gasteiger partial charge < -0.3 is 19.7 Å². The molecule has 0 aromatic heterocycles. The van der Waals surface area contributed by atoms with Crippen LogP contribution in [0.2, 0.25) is 0 Å². The molecule has 1 atom stereocenters. The summed E-state index contributed by atoms with van der Waals surface area (Å²) in [7, 11) is 0. The highest BCUT2D eigenvalue weighted by molar-refractivity contribution is 6.04. The van der Waals surface area contributed by atoms with Crippen molar-refractivity contribution in [1.29, 1.82) is 0 Å². The van der Waals surface area contributed by atoms with Crippen LogP contribution >= 0.6 is 0 Å². The lowest BCUT2D eigenvalue weighted by Gasteiger charge is -2.30. The predicted molar refractivity (Wildman–Crippen MR) is 110 cm³/mol. The van der Waals surface area contributed by atoms with Crippen LogP contribution in [0.3, 0.4) is 0 Å². The first-order valence-electron chi connectivity index (χ1n) is 9.87. The van der Waals surface area contributed by atoms with E-state index in [0.717, 1.165) is 29.3 Å². The highest BCUT2D eigenvalue weighted by Gasteiger charge is 2.30. The summed E-state index contributed by atoms with van der Waals surface area (Å²) in [6, 6.07) is 13.1. The van der Waals surface area contributed by atoms with Gasteiger partial charge in [0.15, 0.2) is 11.5 Å². The van der Waals surface area contributed by atoms with Gasteiger partial charge in [-0.2, -0.15) is 0 Å². The quantitative estimate of drug-likeness (QED) is 0.843. The number of nitrogens with one attached hydrogen (secondary N) is 1. The van der Waals surface area contributed by atoms with Gasteiger partial charge in [-0.25, -0.2) is 0 Å². The first-order chi connectivity index (χ1) is 14.0. The largest absolute Gasteiger partial charge is 0.454 e. The first kappa shape index (κ1) is 19.3. The second-order valence-corrected chi connectivity index (χ2v) is 7.37. The lowest BCUT2D eigenvalue weighted by molar-refractivity contribution is -0.120. The van der Waals surface area contributed by atoms with Crippen LogP contribution in [0.15, 0.2) is 42.5 Å². The van der Waals surface area contributed by atoms with Crippen LogP contribution in [0.5, 0.6) is 11.5 Å². The van der Waals surface area contributed by atoms with Gasteiger partial charge in [-0.1, -0.05) is 25.1 Å². The second kappa shape index (κ2) is 8.13. The van der Waals surface area contributed by atoms with Crippen molar-refractivity contribution in [2.75, 3.05) is 30.1 Å². The maximum absolute atomic E-state index is 13.3. The Morgan fingerprint density at radius 1 is 1.21 bits per heavy atom. The number of para-hydroxylation sites is 2. The molecule has 2 aliphatic rings. The number of hydrogen-bond donors (Lipinski definition) is 1. The van der Waals surface area contributed by atoms with Gasteiger partial charge in [-0.05, 0) is 43.3 Å². The van der Waals surface area contributed by atoms with Gasteiger partial charge in [-0.15, -0.1) is 0 Å². The molecule has 7 heteroatoms. The minimum Gasteiger partial charge on any atom is -0.454 e. The fourth-order valence-electron chi connectivity index (χ4n) is 3.81. The molecule has 2 aromatic carbocycles. The molecule has 2 amide bonds. The molecular weight excluding hydrogens is 370 g/mol. The van der Waals surface area contributed by atoms with Gasteiger partial charge in [0.25, 0.3) is 0 Å². The number of fused-ring (bicyclic) bond motifs is 2. The van der Waals surface area contributed by atoms with Gasteiger partial charge in [0.05, 0.1) is 17.9 Å². The molecule has 0 radical (unpaired) electrons. The number of anilines is 2. The van der Waals surface area contributed by atoms with E-state index >= 15 is 0 Å². The zero-order chi connectivity index (χ0) is 20.4. The van der Waals surface area contributed by atoms with E-state index in [0.29, 0.717) is 12.2 Å². The van der Waals surface area contributed by atoms with Gasteiger partial charge in [0.1, 0.15) is 0 Å². The highest BCUT2D eigenvalue weighted by Crippen LogP contribution is 2.33. The average Bonchev–Trinajstić information content (AvgIpc) is 3.11. The Morgan fingerprint density at radius 3 is 2.83 bits per heavy atom. The zero-order valence-corrected chi connectivity index (χ0v) is 16.7. The molecule has 0 saturated heterocycles. The number of likely N-dealkylation sites (N-methyl/N-ethyl adjacent to an activating group) is 1. The summed E-state index contributed by atoms with van der Waals surface area (Å²) in [4.78, 5) is 29.3. The Hall–Kier alpha value is -3.06. The van der Waals surface area contributed by atoms with E-state index in [2.05, 4.69) is 10.2 Å². The maximum Gasteiger partial charge on any atom is 0.241 e. The number of nitrogens with zero attached hydrogens (tertiary/aromatic N) is 2. The van der Waals surface area contributed by atoms with Crippen molar-refractivity contribution in [2.24, 2.45) is 0 Å². The molecule has 4 rings (SSSR count). The summed E-state index contributed by atoms with van der Waals surface area (Å²) in [6.07, 6.45) is 0.273. The van der Waals surface area contributed by atoms with E-state index in [1.165, 1.54) is 0 Å². The number of benzene rings is 2. The third-order valence-electron chi connectivity index (χ3n) is 5.28. The Labute approximate surface area is 170 Å². The SMILES string of the molecule is CCN(CC(=O)N1c2ccccc2NC(=O)C[C@H]1C)Cc1ccc2c(c1)OCO2. The molecule has 7 nitrogen and oxygen atoms in total. The monoisotopic (exact) mass is 395 g/mol. The summed E-state index contributed by atoms with van der Waals surface area (Å²) >= 11 is 0. The predicted octanol–water partition coefficient (Wildman–Crippen LogP) is 3.00. The summed E-state index contributed by atoms with van der Waals surface area (Å²) in [5, 5.41) is 2.90. The molecule has 2 heterocycles. The number of amides is 2. The molecule has 0 saturated carbocycles. The van der Waals surface area contributed by atoms with Crippen molar-refractivity contribution in [3.05, 3.63) is 48.0 Å². The van der Waals surface area contributed by atoms with Crippen molar-refractivity contribution in [3.8, 4) is 11.5 Å². The zero-order valence-electron chi connectivity index (χ0n) is 16.7. The summed E-state index contributed by atoms with van der Waals surface area (Å²) in [5.41, 5.74) is 2.48. The van der Waals surface area contributed by atoms with Crippen molar-refractivity contribution in [2.45, 2.75) is 32.9 Å². The van der Waals surface area contributed by atoms with Crippen LogP contribution in [0.4, 0.5) is 11.4 Å². The van der Waals surface area contributed by atoms with Crippen molar-refractivity contribution in [1.82, 2.24) is 4.90 Å². The van der Waals surface area contributed by atoms with Crippen molar-refractivity contribution in [3.63, 3.8) is 0 Å². The number of carbonyl (C=O) groups excluding carboxylic acids is 2. The molecule has 0 fully saturated rings. The van der Waals surface area contributed by atoms with Crippen LogP contribution in [0, 0.1) is 0 Å². The topological polar surface area (TPSA) is 71.1 Å². The van der Waals surface area contributed by atoms with Gasteiger partial charge in [-0.3, -0.25) is 14.5 Å². The molecule has 0 aliphatic carbocycles. The molecule has 2 aromatic rings. The van der Waals surface area contributed by atoms with Crippen LogP contribution in [-0.2, 0) is 16.1 Å². The number of hydrogen-bond acceptors (Lipinski definition) is 5.